The third-order valence-electron chi connectivity index (χ3n) is 4.35. The van der Waals surface area contributed by atoms with Crippen molar-refractivity contribution in [2.45, 2.75) is 84.3 Å². The summed E-state index contributed by atoms with van der Waals surface area (Å²) in [5.74, 6) is -0.271. The average molecular weight is 500 g/mol. The summed E-state index contributed by atoms with van der Waals surface area (Å²) in [5.41, 5.74) is -1.83. The maximum Gasteiger partial charge on any atom is 0.420 e. The second-order valence-electron chi connectivity index (χ2n) is 10.1. The van der Waals surface area contributed by atoms with E-state index in [4.69, 9.17) is 35.3 Å². The maximum absolute atomic E-state index is 13.0. The highest BCUT2D eigenvalue weighted by Gasteiger charge is 2.42. The molecule has 0 N–H and O–H groups in total. The fourth-order valence-electron chi connectivity index (χ4n) is 3.09. The Bertz CT molecular complexity index is 848. The standard InChI is InChI=1S/C24H34ClNO8/c1-15-11-18(32-17-10-8-9-16(25)12-17)13-30-14-19(20(27)31-15)26(21(28)33-23(2,3)4)22(29)34-24(5,6)7/h8-10,12,15,18-19H,11,13-14H2,1-7H3/t15?,18?,19-/m0/s1. The van der Waals surface area contributed by atoms with Crippen LogP contribution in [0.4, 0.5) is 9.59 Å². The Hall–Kier alpha value is -2.52. The highest BCUT2D eigenvalue weighted by atomic mass is 35.5. The number of imide groups is 1. The van der Waals surface area contributed by atoms with Crippen LogP contribution in [0.15, 0.2) is 24.3 Å². The van der Waals surface area contributed by atoms with Gasteiger partial charge in [0, 0.05) is 11.4 Å². The van der Waals surface area contributed by atoms with E-state index in [0.29, 0.717) is 22.1 Å². The molecule has 1 aliphatic heterocycles. The second-order valence-corrected chi connectivity index (χ2v) is 10.5. The van der Waals surface area contributed by atoms with Gasteiger partial charge in [-0.1, -0.05) is 17.7 Å². The first-order valence-corrected chi connectivity index (χ1v) is 11.5. The van der Waals surface area contributed by atoms with Gasteiger partial charge < -0.3 is 23.7 Å². The summed E-state index contributed by atoms with van der Waals surface area (Å²) in [5, 5.41) is 0.520. The molecule has 9 nitrogen and oxygen atoms in total. The van der Waals surface area contributed by atoms with Gasteiger partial charge in [-0.2, -0.15) is 4.90 Å². The summed E-state index contributed by atoms with van der Waals surface area (Å²) in [4.78, 5) is 39.5. The van der Waals surface area contributed by atoms with E-state index in [-0.39, 0.29) is 13.2 Å². The van der Waals surface area contributed by atoms with Crippen molar-refractivity contribution >= 4 is 29.8 Å². The molecule has 0 saturated carbocycles. The Morgan fingerprint density at radius 3 is 2.15 bits per heavy atom. The molecule has 0 aromatic heterocycles. The van der Waals surface area contributed by atoms with Crippen LogP contribution in [0.2, 0.25) is 5.02 Å². The van der Waals surface area contributed by atoms with E-state index in [1.54, 1.807) is 72.7 Å². The largest absolute Gasteiger partial charge is 0.488 e. The number of rotatable bonds is 3. The molecule has 1 aromatic carbocycles. The summed E-state index contributed by atoms with van der Waals surface area (Å²) < 4.78 is 27.9. The van der Waals surface area contributed by atoms with E-state index in [1.807, 2.05) is 0 Å². The zero-order valence-corrected chi connectivity index (χ0v) is 21.5. The quantitative estimate of drug-likeness (QED) is 0.424. The minimum Gasteiger partial charge on any atom is -0.488 e. The number of benzene rings is 1. The topological polar surface area (TPSA) is 101 Å². The zero-order chi connectivity index (χ0) is 25.7. The summed E-state index contributed by atoms with van der Waals surface area (Å²) in [6, 6.07) is 5.50. The van der Waals surface area contributed by atoms with Gasteiger partial charge >= 0.3 is 18.2 Å². The molecular weight excluding hydrogens is 466 g/mol. The molecule has 1 saturated heterocycles. The lowest BCUT2D eigenvalue weighted by Crippen LogP contribution is -2.54. The van der Waals surface area contributed by atoms with Crippen molar-refractivity contribution in [3.8, 4) is 5.75 Å². The molecule has 1 aromatic rings. The van der Waals surface area contributed by atoms with Crippen LogP contribution in [0.1, 0.15) is 54.9 Å². The molecule has 0 aliphatic carbocycles. The number of carbonyl (C=O) groups excluding carboxylic acids is 3. The van der Waals surface area contributed by atoms with Crippen molar-refractivity contribution in [3.05, 3.63) is 29.3 Å². The molecule has 1 aliphatic rings. The van der Waals surface area contributed by atoms with Crippen molar-refractivity contribution in [1.82, 2.24) is 4.90 Å². The van der Waals surface area contributed by atoms with Crippen LogP contribution in [0.5, 0.6) is 5.75 Å². The minimum absolute atomic E-state index is 0.0838. The van der Waals surface area contributed by atoms with Crippen LogP contribution in [-0.2, 0) is 23.7 Å². The average Bonchev–Trinajstić information content (AvgIpc) is 2.69. The van der Waals surface area contributed by atoms with Crippen LogP contribution in [0, 0.1) is 0 Å². The van der Waals surface area contributed by atoms with Gasteiger partial charge in [-0.3, -0.25) is 0 Å². The van der Waals surface area contributed by atoms with E-state index < -0.39 is 47.6 Å². The molecular formula is C24H34ClNO8. The number of esters is 1. The SMILES string of the molecule is CC1CC(Oc2cccc(Cl)c2)COC[C@H](N(C(=O)OC(C)(C)C)C(=O)OC(C)(C)C)C(=O)O1. The van der Waals surface area contributed by atoms with Crippen LogP contribution in [0.25, 0.3) is 0 Å². The third-order valence-corrected chi connectivity index (χ3v) is 4.59. The fraction of sp³-hybridized carbons (Fsp3) is 0.625. The van der Waals surface area contributed by atoms with E-state index in [2.05, 4.69) is 0 Å². The first-order chi connectivity index (χ1) is 15.6. The lowest BCUT2D eigenvalue weighted by Gasteiger charge is -2.32. The predicted molar refractivity (Wildman–Crippen MR) is 125 cm³/mol. The summed E-state index contributed by atoms with van der Waals surface area (Å²) in [6.45, 7) is 11.4. The Morgan fingerprint density at radius 1 is 1.03 bits per heavy atom. The first kappa shape index (κ1) is 27.7. The predicted octanol–water partition coefficient (Wildman–Crippen LogP) is 4.98. The van der Waals surface area contributed by atoms with Crippen LogP contribution < -0.4 is 4.74 Å². The number of amides is 2. The van der Waals surface area contributed by atoms with Crippen molar-refractivity contribution in [1.29, 1.82) is 0 Å². The second kappa shape index (κ2) is 11.3. The number of hydrogen-bond acceptors (Lipinski definition) is 8. The number of nitrogens with zero attached hydrogens (tertiary/aromatic N) is 1. The summed E-state index contributed by atoms with van der Waals surface area (Å²) in [7, 11) is 0. The van der Waals surface area contributed by atoms with E-state index in [9.17, 15) is 14.4 Å². The van der Waals surface area contributed by atoms with Crippen LogP contribution in [0.3, 0.4) is 0 Å². The first-order valence-electron chi connectivity index (χ1n) is 11.1. The molecule has 2 rings (SSSR count). The van der Waals surface area contributed by atoms with Crippen molar-refractivity contribution < 1.29 is 38.1 Å². The highest BCUT2D eigenvalue weighted by Crippen LogP contribution is 2.23. The van der Waals surface area contributed by atoms with Gasteiger partial charge in [0.1, 0.15) is 29.2 Å². The van der Waals surface area contributed by atoms with Crippen molar-refractivity contribution in [2.75, 3.05) is 13.2 Å². The molecule has 190 valence electrons. The van der Waals surface area contributed by atoms with E-state index in [0.717, 1.165) is 0 Å². The molecule has 3 atom stereocenters. The van der Waals surface area contributed by atoms with Crippen molar-refractivity contribution in [2.24, 2.45) is 0 Å². The molecule has 1 heterocycles. The molecule has 0 bridgehead atoms. The van der Waals surface area contributed by atoms with Gasteiger partial charge in [0.25, 0.3) is 0 Å². The molecule has 0 spiro atoms. The zero-order valence-electron chi connectivity index (χ0n) is 20.8. The van der Waals surface area contributed by atoms with Crippen LogP contribution in [-0.4, -0.2) is 65.7 Å². The highest BCUT2D eigenvalue weighted by molar-refractivity contribution is 6.30. The monoisotopic (exact) mass is 499 g/mol. The van der Waals surface area contributed by atoms with E-state index in [1.165, 1.54) is 0 Å². The summed E-state index contributed by atoms with van der Waals surface area (Å²) >= 11 is 6.03. The molecule has 2 unspecified atom stereocenters. The molecule has 10 heteroatoms. The number of ether oxygens (including phenoxy) is 5. The number of carbonyl (C=O) groups is 3. The van der Waals surface area contributed by atoms with E-state index >= 15 is 0 Å². The Balaban J connectivity index is 2.26. The Kier molecular flexibility index (Phi) is 9.19. The van der Waals surface area contributed by atoms with Gasteiger partial charge in [0.2, 0.25) is 0 Å². The Morgan fingerprint density at radius 2 is 1.62 bits per heavy atom. The molecule has 34 heavy (non-hydrogen) atoms. The fourth-order valence-corrected chi connectivity index (χ4v) is 3.27. The van der Waals surface area contributed by atoms with Gasteiger partial charge in [0.05, 0.1) is 13.2 Å². The smallest absolute Gasteiger partial charge is 0.420 e. The third kappa shape index (κ3) is 9.02. The number of hydrogen-bond donors (Lipinski definition) is 0. The van der Waals surface area contributed by atoms with Gasteiger partial charge in [-0.25, -0.2) is 14.4 Å². The van der Waals surface area contributed by atoms with Gasteiger partial charge in [-0.05, 0) is 66.7 Å². The van der Waals surface area contributed by atoms with Gasteiger partial charge in [0.15, 0.2) is 6.04 Å². The number of halogens is 1. The lowest BCUT2D eigenvalue weighted by atomic mass is 10.2. The minimum atomic E-state index is -1.41. The molecule has 2 amide bonds. The van der Waals surface area contributed by atoms with Crippen molar-refractivity contribution in [3.63, 3.8) is 0 Å². The summed E-state index contributed by atoms with van der Waals surface area (Å²) in [6.07, 6.45) is -2.79. The normalized spacial score (nSPS) is 21.9. The van der Waals surface area contributed by atoms with Gasteiger partial charge in [-0.15, -0.1) is 0 Å². The Labute approximate surface area is 205 Å². The maximum atomic E-state index is 13.0. The molecule has 1 fully saturated rings. The number of cyclic esters (lactones) is 1. The lowest BCUT2D eigenvalue weighted by molar-refractivity contribution is -0.155. The van der Waals surface area contributed by atoms with Crippen LogP contribution >= 0.6 is 11.6 Å². The molecule has 0 radical (unpaired) electrons.